The molecule has 78 valence electrons. The van der Waals surface area contributed by atoms with Crippen LogP contribution in [-0.2, 0) is 9.47 Å². The maximum absolute atomic E-state index is 5.54. The topological polar surface area (TPSA) is 18.5 Å². The van der Waals surface area contributed by atoms with Crippen LogP contribution in [0.1, 0.15) is 19.8 Å². The summed E-state index contributed by atoms with van der Waals surface area (Å²) in [5, 5.41) is 0. The van der Waals surface area contributed by atoms with Crippen molar-refractivity contribution in [1.29, 1.82) is 0 Å². The van der Waals surface area contributed by atoms with Crippen LogP contribution in [0.3, 0.4) is 0 Å². The summed E-state index contributed by atoms with van der Waals surface area (Å²) in [6, 6.07) is 0. The standard InChI is InChI=1S/C12H18O2/c1-5-6-11-9(2)7-12(10(11)3)14-8-13-4/h5,12H,1-2,6-8H2,3-4H3/t12-/m0/s1. The molecule has 0 bridgehead atoms. The molecular formula is C12H18O2. The summed E-state index contributed by atoms with van der Waals surface area (Å²) in [7, 11) is 1.63. The second kappa shape index (κ2) is 5.13. The molecule has 1 atom stereocenters. The summed E-state index contributed by atoms with van der Waals surface area (Å²) < 4.78 is 10.4. The fraction of sp³-hybridized carbons (Fsp3) is 0.500. The predicted molar refractivity (Wildman–Crippen MR) is 58.0 cm³/mol. The van der Waals surface area contributed by atoms with E-state index in [0.29, 0.717) is 6.79 Å². The van der Waals surface area contributed by atoms with E-state index in [1.807, 2.05) is 6.08 Å². The number of allylic oxidation sites excluding steroid dienone is 2. The van der Waals surface area contributed by atoms with Crippen molar-refractivity contribution < 1.29 is 9.47 Å². The lowest BCUT2D eigenvalue weighted by Crippen LogP contribution is -2.12. The molecule has 0 fully saturated rings. The number of hydrogen-bond acceptors (Lipinski definition) is 2. The van der Waals surface area contributed by atoms with Crippen LogP contribution < -0.4 is 0 Å². The van der Waals surface area contributed by atoms with Crippen molar-refractivity contribution >= 4 is 0 Å². The molecule has 0 heterocycles. The zero-order chi connectivity index (χ0) is 10.6. The number of rotatable bonds is 5. The van der Waals surface area contributed by atoms with Gasteiger partial charge in [-0.05, 0) is 30.1 Å². The van der Waals surface area contributed by atoms with Gasteiger partial charge in [-0.1, -0.05) is 12.7 Å². The normalized spacial score (nSPS) is 21.9. The average molecular weight is 194 g/mol. The molecule has 0 aromatic carbocycles. The van der Waals surface area contributed by atoms with E-state index in [4.69, 9.17) is 9.47 Å². The van der Waals surface area contributed by atoms with E-state index in [1.54, 1.807) is 7.11 Å². The largest absolute Gasteiger partial charge is 0.359 e. The van der Waals surface area contributed by atoms with Crippen molar-refractivity contribution in [3.05, 3.63) is 36.0 Å². The van der Waals surface area contributed by atoms with Crippen LogP contribution in [0.15, 0.2) is 36.0 Å². The Hall–Kier alpha value is -0.860. The third-order valence-corrected chi connectivity index (χ3v) is 2.55. The van der Waals surface area contributed by atoms with Gasteiger partial charge >= 0.3 is 0 Å². The second-order valence-electron chi connectivity index (χ2n) is 3.52. The lowest BCUT2D eigenvalue weighted by molar-refractivity contribution is -0.0565. The highest BCUT2D eigenvalue weighted by molar-refractivity contribution is 5.42. The van der Waals surface area contributed by atoms with Gasteiger partial charge in [-0.2, -0.15) is 0 Å². The van der Waals surface area contributed by atoms with Gasteiger partial charge in [-0.15, -0.1) is 6.58 Å². The van der Waals surface area contributed by atoms with E-state index in [2.05, 4.69) is 20.1 Å². The van der Waals surface area contributed by atoms with Crippen molar-refractivity contribution in [3.8, 4) is 0 Å². The smallest absolute Gasteiger partial charge is 0.147 e. The van der Waals surface area contributed by atoms with Gasteiger partial charge in [0.2, 0.25) is 0 Å². The van der Waals surface area contributed by atoms with Crippen molar-refractivity contribution in [1.82, 2.24) is 0 Å². The molecule has 0 spiro atoms. The van der Waals surface area contributed by atoms with Crippen LogP contribution in [0.2, 0.25) is 0 Å². The molecule has 0 aromatic rings. The minimum atomic E-state index is 0.150. The van der Waals surface area contributed by atoms with Gasteiger partial charge in [0.1, 0.15) is 6.79 Å². The highest BCUT2D eigenvalue weighted by atomic mass is 16.7. The van der Waals surface area contributed by atoms with Crippen LogP contribution >= 0.6 is 0 Å². The third-order valence-electron chi connectivity index (χ3n) is 2.55. The lowest BCUT2D eigenvalue weighted by atomic mass is 10.1. The first-order chi connectivity index (χ1) is 6.70. The van der Waals surface area contributed by atoms with Crippen LogP contribution in [0.4, 0.5) is 0 Å². The molecule has 1 aliphatic carbocycles. The minimum Gasteiger partial charge on any atom is -0.359 e. The average Bonchev–Trinajstić information content (AvgIpc) is 2.43. The maximum Gasteiger partial charge on any atom is 0.147 e. The number of methoxy groups -OCH3 is 1. The van der Waals surface area contributed by atoms with Crippen LogP contribution in [0.25, 0.3) is 0 Å². The highest BCUT2D eigenvalue weighted by Gasteiger charge is 2.24. The monoisotopic (exact) mass is 194 g/mol. The lowest BCUT2D eigenvalue weighted by Gasteiger charge is -2.11. The molecule has 2 nitrogen and oxygen atoms in total. The zero-order valence-electron chi connectivity index (χ0n) is 9.01. The first-order valence-electron chi connectivity index (χ1n) is 4.80. The molecule has 0 aromatic heterocycles. The van der Waals surface area contributed by atoms with Gasteiger partial charge < -0.3 is 9.47 Å². The third kappa shape index (κ3) is 2.34. The van der Waals surface area contributed by atoms with Crippen molar-refractivity contribution in [3.63, 3.8) is 0 Å². The molecule has 0 saturated carbocycles. The van der Waals surface area contributed by atoms with E-state index in [0.717, 1.165) is 12.8 Å². The molecule has 0 aliphatic heterocycles. The maximum atomic E-state index is 5.54. The Kier molecular flexibility index (Phi) is 4.11. The summed E-state index contributed by atoms with van der Waals surface area (Å²) in [5.41, 5.74) is 3.73. The Bertz CT molecular complexity index is 263. The van der Waals surface area contributed by atoms with Crippen molar-refractivity contribution in [2.45, 2.75) is 25.9 Å². The first-order valence-corrected chi connectivity index (χ1v) is 4.80. The Morgan fingerprint density at radius 2 is 2.29 bits per heavy atom. The Morgan fingerprint density at radius 3 is 2.86 bits per heavy atom. The van der Waals surface area contributed by atoms with E-state index >= 15 is 0 Å². The van der Waals surface area contributed by atoms with Gasteiger partial charge in [0.05, 0.1) is 6.10 Å². The summed E-state index contributed by atoms with van der Waals surface area (Å²) in [6.07, 6.45) is 3.83. The summed E-state index contributed by atoms with van der Waals surface area (Å²) in [6.45, 7) is 10.2. The predicted octanol–water partition coefficient (Wildman–Crippen LogP) is 2.83. The first kappa shape index (κ1) is 11.2. The van der Waals surface area contributed by atoms with Gasteiger partial charge in [0.15, 0.2) is 0 Å². The van der Waals surface area contributed by atoms with E-state index in [1.165, 1.54) is 16.7 Å². The highest BCUT2D eigenvalue weighted by Crippen LogP contribution is 2.34. The van der Waals surface area contributed by atoms with Gasteiger partial charge in [0.25, 0.3) is 0 Å². The van der Waals surface area contributed by atoms with E-state index in [-0.39, 0.29) is 6.10 Å². The fourth-order valence-electron chi connectivity index (χ4n) is 1.76. The second-order valence-corrected chi connectivity index (χ2v) is 3.52. The minimum absolute atomic E-state index is 0.150. The molecule has 0 N–H and O–H groups in total. The van der Waals surface area contributed by atoms with Crippen LogP contribution in [-0.4, -0.2) is 20.0 Å². The van der Waals surface area contributed by atoms with Crippen molar-refractivity contribution in [2.75, 3.05) is 13.9 Å². The molecule has 1 rings (SSSR count). The number of hydrogen-bond donors (Lipinski definition) is 0. The van der Waals surface area contributed by atoms with Gasteiger partial charge in [0, 0.05) is 13.5 Å². The molecule has 0 saturated heterocycles. The molecular weight excluding hydrogens is 176 g/mol. The van der Waals surface area contributed by atoms with E-state index < -0.39 is 0 Å². The van der Waals surface area contributed by atoms with Gasteiger partial charge in [-0.3, -0.25) is 0 Å². The van der Waals surface area contributed by atoms with Crippen LogP contribution in [0.5, 0.6) is 0 Å². The summed E-state index contributed by atoms with van der Waals surface area (Å²) >= 11 is 0. The summed E-state index contributed by atoms with van der Waals surface area (Å²) in [5.74, 6) is 0. The Labute approximate surface area is 85.9 Å². The zero-order valence-corrected chi connectivity index (χ0v) is 9.01. The van der Waals surface area contributed by atoms with Crippen LogP contribution in [0, 0.1) is 0 Å². The Morgan fingerprint density at radius 1 is 1.57 bits per heavy atom. The Balaban J connectivity index is 2.66. The van der Waals surface area contributed by atoms with E-state index in [9.17, 15) is 0 Å². The van der Waals surface area contributed by atoms with Gasteiger partial charge in [-0.25, -0.2) is 0 Å². The molecule has 1 aliphatic rings. The molecule has 14 heavy (non-hydrogen) atoms. The summed E-state index contributed by atoms with van der Waals surface area (Å²) in [4.78, 5) is 0. The molecule has 0 amide bonds. The molecule has 0 unspecified atom stereocenters. The molecule has 0 radical (unpaired) electrons. The van der Waals surface area contributed by atoms with Crippen molar-refractivity contribution in [2.24, 2.45) is 0 Å². The number of ether oxygens (including phenoxy) is 2. The fourth-order valence-corrected chi connectivity index (χ4v) is 1.76. The SMILES string of the molecule is C=CCC1=C(C)[C@@H](OCOC)CC1=C. The molecule has 2 heteroatoms. The quantitative estimate of drug-likeness (QED) is 0.495.